The molecule has 0 radical (unpaired) electrons. The van der Waals surface area contributed by atoms with E-state index in [1.54, 1.807) is 0 Å². The maximum absolute atomic E-state index is 12.9. The van der Waals surface area contributed by atoms with E-state index in [2.05, 4.69) is 16.3 Å². The zero-order valence-electron chi connectivity index (χ0n) is 24.1. The lowest BCUT2D eigenvalue weighted by molar-refractivity contribution is -0.148. The van der Waals surface area contributed by atoms with E-state index in [1.165, 1.54) is 25.8 Å². The van der Waals surface area contributed by atoms with Gasteiger partial charge in [-0.25, -0.2) is 0 Å². The number of aryl methyl sites for hydroxylation is 1. The molecule has 13 heteroatoms. The number of rotatable bonds is 2. The highest BCUT2D eigenvalue weighted by Crippen LogP contribution is 2.62. The Kier molecular flexibility index (Phi) is 6.66. The number of nitrogens with zero attached hydrogens (tertiary/aromatic N) is 2. The number of nitrogens with one attached hydrogen (secondary N) is 1. The molecule has 0 spiro atoms. The number of hydrogen-bond donors (Lipinski definition) is 3. The Bertz CT molecular complexity index is 1610. The van der Waals surface area contributed by atoms with E-state index in [0.29, 0.717) is 51.7 Å². The fraction of sp³-hybridized carbons (Fsp3) is 0.500. The average molecular weight is 609 g/mol. The molecular weight excluding hydrogens is 576 g/mol. The van der Waals surface area contributed by atoms with Crippen molar-refractivity contribution in [2.45, 2.75) is 68.7 Å². The van der Waals surface area contributed by atoms with Gasteiger partial charge in [-0.2, -0.15) is 5.26 Å². The number of phenolic OH excluding ortho intramolecular Hbond substituents is 1. The molecule has 2 aromatic carbocycles. The molecule has 0 aromatic heterocycles. The monoisotopic (exact) mass is 608 g/mol. The SMILES string of the molecule is COc1c(C)cc2c(c1O)C1NC(C2)[C@H](C#N)N2[C@H]1[C@@H]1SCC(N)C(=O)OC[C@H]2c2c3c(c(C)c(OC(C)=O)c21)OCO3. The van der Waals surface area contributed by atoms with Gasteiger partial charge in [-0.3, -0.25) is 14.5 Å². The summed E-state index contributed by atoms with van der Waals surface area (Å²) >= 11 is 1.43. The van der Waals surface area contributed by atoms with Crippen LogP contribution in [-0.4, -0.2) is 72.4 Å². The summed E-state index contributed by atoms with van der Waals surface area (Å²) in [5, 5.41) is 25.5. The van der Waals surface area contributed by atoms with E-state index in [0.717, 1.165) is 11.1 Å². The number of esters is 2. The third kappa shape index (κ3) is 4.00. The summed E-state index contributed by atoms with van der Waals surface area (Å²) in [6.45, 7) is 4.90. The summed E-state index contributed by atoms with van der Waals surface area (Å²) in [5.74, 6) is 0.898. The minimum atomic E-state index is -0.889. The van der Waals surface area contributed by atoms with Gasteiger partial charge >= 0.3 is 11.9 Å². The van der Waals surface area contributed by atoms with E-state index >= 15 is 0 Å². The molecule has 2 aromatic rings. The minimum Gasteiger partial charge on any atom is -0.504 e. The van der Waals surface area contributed by atoms with Crippen LogP contribution < -0.4 is 30.0 Å². The lowest BCUT2D eigenvalue weighted by atomic mass is 9.72. The van der Waals surface area contributed by atoms with Crippen LogP contribution in [0.1, 0.15) is 57.6 Å². The van der Waals surface area contributed by atoms with Crippen molar-refractivity contribution < 1.29 is 38.4 Å². The van der Waals surface area contributed by atoms with Gasteiger partial charge in [0.2, 0.25) is 6.79 Å². The standard InChI is InChI=1S/C30H32N4O8S/c1-11-5-14-6-16-17(7-31)34-18-8-39-30(37)15(32)9-43-29(23(34)22(33-16)19(14)24(36)25(11)38-4)21-20(18)28-27(40-10-41-28)12(2)26(21)42-13(3)35/h5,15-18,22-23,29,33,36H,6,8-10,32H2,1-4H3/t15?,16?,17-,18-,22?,23+,29+/m0/s1. The normalized spacial score (nSPS) is 30.3. The summed E-state index contributed by atoms with van der Waals surface area (Å²) in [5.41, 5.74) is 10.7. The number of piperazine rings is 1. The van der Waals surface area contributed by atoms with Crippen molar-refractivity contribution in [3.8, 4) is 34.8 Å². The minimum absolute atomic E-state index is 0.0281. The number of ether oxygens (including phenoxy) is 5. The highest BCUT2D eigenvalue weighted by molar-refractivity contribution is 7.99. The number of nitriles is 1. The molecule has 226 valence electrons. The molecule has 12 nitrogen and oxygen atoms in total. The van der Waals surface area contributed by atoms with Crippen molar-refractivity contribution in [1.82, 2.24) is 10.2 Å². The molecule has 2 fully saturated rings. The van der Waals surface area contributed by atoms with Crippen molar-refractivity contribution >= 4 is 23.7 Å². The van der Waals surface area contributed by atoms with E-state index in [9.17, 15) is 20.0 Å². The van der Waals surface area contributed by atoms with Gasteiger partial charge in [0.05, 0.1) is 30.5 Å². The van der Waals surface area contributed by atoms with E-state index < -0.39 is 47.4 Å². The molecule has 0 aliphatic carbocycles. The molecule has 0 saturated carbocycles. The van der Waals surface area contributed by atoms with Gasteiger partial charge in [-0.05, 0) is 31.4 Å². The molecule has 5 aliphatic rings. The number of nitrogens with two attached hydrogens (primary N) is 1. The van der Waals surface area contributed by atoms with E-state index in [1.807, 2.05) is 19.9 Å². The number of aromatic hydroxyl groups is 1. The molecule has 2 saturated heterocycles. The lowest BCUT2D eigenvalue weighted by Crippen LogP contribution is -2.69. The molecule has 0 amide bonds. The number of methoxy groups -OCH3 is 1. The van der Waals surface area contributed by atoms with Gasteiger partial charge in [-0.1, -0.05) is 6.07 Å². The summed E-state index contributed by atoms with van der Waals surface area (Å²) in [6, 6.07) is 1.16. The molecule has 7 atom stereocenters. The van der Waals surface area contributed by atoms with Crippen LogP contribution in [0.2, 0.25) is 0 Å². The van der Waals surface area contributed by atoms with Gasteiger partial charge in [-0.15, -0.1) is 11.8 Å². The molecule has 43 heavy (non-hydrogen) atoms. The Morgan fingerprint density at radius 1 is 1.21 bits per heavy atom. The summed E-state index contributed by atoms with van der Waals surface area (Å²) in [4.78, 5) is 27.5. The Morgan fingerprint density at radius 3 is 2.70 bits per heavy atom. The zero-order valence-corrected chi connectivity index (χ0v) is 24.9. The highest BCUT2D eigenvalue weighted by atomic mass is 32.2. The predicted molar refractivity (Wildman–Crippen MR) is 153 cm³/mol. The van der Waals surface area contributed by atoms with Crippen LogP contribution in [0.3, 0.4) is 0 Å². The van der Waals surface area contributed by atoms with Gasteiger partial charge < -0.3 is 39.8 Å². The number of phenols is 1. The molecule has 3 unspecified atom stereocenters. The number of hydrogen-bond acceptors (Lipinski definition) is 13. The lowest BCUT2D eigenvalue weighted by Gasteiger charge is -2.59. The van der Waals surface area contributed by atoms with Crippen molar-refractivity contribution in [3.63, 3.8) is 0 Å². The number of benzene rings is 2. The number of cyclic esters (lactones) is 1. The second-order valence-corrected chi connectivity index (χ2v) is 12.7. The zero-order chi connectivity index (χ0) is 30.3. The maximum Gasteiger partial charge on any atom is 0.323 e. The van der Waals surface area contributed by atoms with Crippen molar-refractivity contribution in [2.24, 2.45) is 5.73 Å². The number of carbonyl (C=O) groups is 2. The fourth-order valence-corrected chi connectivity index (χ4v) is 9.03. The largest absolute Gasteiger partial charge is 0.504 e. The first-order chi connectivity index (χ1) is 20.7. The van der Waals surface area contributed by atoms with Gasteiger partial charge in [0.25, 0.3) is 0 Å². The smallest absolute Gasteiger partial charge is 0.323 e. The molecule has 4 N–H and O–H groups in total. The first-order valence-corrected chi connectivity index (χ1v) is 15.2. The van der Waals surface area contributed by atoms with Crippen LogP contribution >= 0.6 is 11.8 Å². The number of thioether (sulfide) groups is 1. The van der Waals surface area contributed by atoms with E-state index in [4.69, 9.17) is 29.4 Å². The number of fused-ring (bicyclic) bond motifs is 9. The van der Waals surface area contributed by atoms with Crippen molar-refractivity contribution in [3.05, 3.63) is 39.4 Å². The quantitative estimate of drug-likeness (QED) is 0.336. The Morgan fingerprint density at radius 2 is 1.98 bits per heavy atom. The fourth-order valence-electron chi connectivity index (χ4n) is 7.59. The van der Waals surface area contributed by atoms with Crippen LogP contribution in [0.5, 0.6) is 28.7 Å². The van der Waals surface area contributed by atoms with Gasteiger partial charge in [0.15, 0.2) is 23.0 Å². The molecular formula is C30H32N4O8S. The summed E-state index contributed by atoms with van der Waals surface area (Å²) in [7, 11) is 1.52. The molecule has 7 rings (SSSR count). The van der Waals surface area contributed by atoms with Gasteiger partial charge in [0, 0.05) is 47.0 Å². The van der Waals surface area contributed by atoms with Crippen LogP contribution in [-0.2, 0) is 20.7 Å². The van der Waals surface area contributed by atoms with Gasteiger partial charge in [0.1, 0.15) is 24.4 Å². The van der Waals surface area contributed by atoms with Crippen LogP contribution in [0.15, 0.2) is 6.07 Å². The molecule has 4 bridgehead atoms. The maximum atomic E-state index is 12.9. The Balaban J connectivity index is 1.54. The number of carbonyl (C=O) groups excluding carboxylic acids is 2. The second-order valence-electron chi connectivity index (χ2n) is 11.6. The second kappa shape index (κ2) is 10.2. The Hall–Kier alpha value is -3.70. The molecule has 5 heterocycles. The average Bonchev–Trinajstić information content (AvgIpc) is 3.46. The van der Waals surface area contributed by atoms with Crippen molar-refractivity contribution in [1.29, 1.82) is 5.26 Å². The third-order valence-corrected chi connectivity index (χ3v) is 10.6. The van der Waals surface area contributed by atoms with Crippen LogP contribution in [0.25, 0.3) is 0 Å². The van der Waals surface area contributed by atoms with Crippen LogP contribution in [0, 0.1) is 25.2 Å². The highest BCUT2D eigenvalue weighted by Gasteiger charge is 2.58. The predicted octanol–water partition coefficient (Wildman–Crippen LogP) is 2.22. The molecule has 5 aliphatic heterocycles. The summed E-state index contributed by atoms with van der Waals surface area (Å²) in [6.07, 6.45) is 0.498. The van der Waals surface area contributed by atoms with Crippen molar-refractivity contribution in [2.75, 3.05) is 26.3 Å². The topological polar surface area (TPSA) is 166 Å². The Labute approximate surface area is 252 Å². The first kappa shape index (κ1) is 28.1. The van der Waals surface area contributed by atoms with E-state index in [-0.39, 0.29) is 30.9 Å². The summed E-state index contributed by atoms with van der Waals surface area (Å²) < 4.78 is 29.2. The first-order valence-electron chi connectivity index (χ1n) is 14.2. The third-order valence-electron chi connectivity index (χ3n) is 9.18. The van der Waals surface area contributed by atoms with Crippen LogP contribution in [0.4, 0.5) is 0 Å².